The van der Waals surface area contributed by atoms with Gasteiger partial charge in [0.25, 0.3) is 0 Å². The predicted molar refractivity (Wildman–Crippen MR) is 84.5 cm³/mol. The molecule has 0 aromatic carbocycles. The largest absolute Gasteiger partial charge is 0.417 e. The topological polar surface area (TPSA) is 88.3 Å². The lowest BCUT2D eigenvalue weighted by Gasteiger charge is -2.36. The first-order valence-electron chi connectivity index (χ1n) is 8.58. The number of amides is 2. The first-order chi connectivity index (χ1) is 12.2. The molecule has 2 fully saturated rings. The minimum atomic E-state index is -4.47. The quantitative estimate of drug-likeness (QED) is 0.769. The van der Waals surface area contributed by atoms with Gasteiger partial charge in [0.1, 0.15) is 0 Å². The van der Waals surface area contributed by atoms with Crippen LogP contribution in [0.4, 0.5) is 13.2 Å². The van der Waals surface area contributed by atoms with Gasteiger partial charge in [0, 0.05) is 44.0 Å². The molecule has 0 bridgehead atoms. The Morgan fingerprint density at radius 1 is 1.42 bits per heavy atom. The smallest absolute Gasteiger partial charge is 0.355 e. The second kappa shape index (κ2) is 5.67. The van der Waals surface area contributed by atoms with Crippen LogP contribution in [0, 0.1) is 11.3 Å². The van der Waals surface area contributed by atoms with Gasteiger partial charge in [-0.3, -0.25) is 14.6 Å². The molecule has 9 heteroatoms. The summed E-state index contributed by atoms with van der Waals surface area (Å²) in [5.41, 5.74) is 5.30. The summed E-state index contributed by atoms with van der Waals surface area (Å²) in [6.45, 7) is 0.693. The third kappa shape index (κ3) is 2.56. The van der Waals surface area contributed by atoms with E-state index in [0.29, 0.717) is 37.1 Å². The minimum absolute atomic E-state index is 0.0724. The zero-order valence-electron chi connectivity index (χ0n) is 14.0. The van der Waals surface area contributed by atoms with Crippen molar-refractivity contribution in [3.63, 3.8) is 0 Å². The first kappa shape index (κ1) is 17.3. The number of carbonyl (C=O) groups is 2. The number of halogens is 3. The van der Waals surface area contributed by atoms with E-state index in [1.165, 1.54) is 0 Å². The zero-order valence-corrected chi connectivity index (χ0v) is 14.0. The van der Waals surface area contributed by atoms with Crippen LogP contribution in [0.5, 0.6) is 0 Å². The van der Waals surface area contributed by atoms with Gasteiger partial charge >= 0.3 is 6.18 Å². The van der Waals surface area contributed by atoms with Crippen LogP contribution in [0.1, 0.15) is 29.7 Å². The molecule has 26 heavy (non-hydrogen) atoms. The molecule has 1 saturated heterocycles. The summed E-state index contributed by atoms with van der Waals surface area (Å²) in [5.74, 6) is -0.812. The average molecular weight is 368 g/mol. The highest BCUT2D eigenvalue weighted by Crippen LogP contribution is 2.47. The van der Waals surface area contributed by atoms with Crippen LogP contribution in [0.2, 0.25) is 0 Å². The van der Waals surface area contributed by atoms with Crippen LogP contribution in [0.25, 0.3) is 0 Å². The second-order valence-electron chi connectivity index (χ2n) is 7.43. The van der Waals surface area contributed by atoms with E-state index in [0.717, 1.165) is 12.3 Å². The van der Waals surface area contributed by atoms with E-state index in [4.69, 9.17) is 5.73 Å². The maximum atomic E-state index is 13.2. The van der Waals surface area contributed by atoms with E-state index in [9.17, 15) is 22.8 Å². The minimum Gasteiger partial charge on any atom is -0.355 e. The van der Waals surface area contributed by atoms with Gasteiger partial charge in [0.15, 0.2) is 0 Å². The molecular formula is C17H19F3N4O2. The van der Waals surface area contributed by atoms with Gasteiger partial charge in [0.2, 0.25) is 11.8 Å². The van der Waals surface area contributed by atoms with Gasteiger partial charge in [-0.05, 0) is 24.5 Å². The van der Waals surface area contributed by atoms with Crippen LogP contribution in [-0.2, 0) is 28.7 Å². The second-order valence-corrected chi connectivity index (χ2v) is 7.43. The summed E-state index contributed by atoms with van der Waals surface area (Å²) < 4.78 is 38.8. The normalized spacial score (nSPS) is 30.8. The maximum Gasteiger partial charge on any atom is 0.417 e. The number of aromatic nitrogens is 1. The van der Waals surface area contributed by atoms with Crippen molar-refractivity contribution in [2.75, 3.05) is 13.1 Å². The Kier molecular flexibility index (Phi) is 3.76. The number of hydrogen-bond donors (Lipinski definition) is 2. The Hall–Kier alpha value is -2.16. The van der Waals surface area contributed by atoms with E-state index < -0.39 is 23.1 Å². The summed E-state index contributed by atoms with van der Waals surface area (Å²) in [4.78, 5) is 30.8. The average Bonchev–Trinajstić information content (AvgIpc) is 3.09. The van der Waals surface area contributed by atoms with Crippen LogP contribution in [0.3, 0.4) is 0 Å². The zero-order chi connectivity index (χ0) is 18.7. The van der Waals surface area contributed by atoms with E-state index in [2.05, 4.69) is 10.3 Å². The van der Waals surface area contributed by atoms with Crippen LogP contribution < -0.4 is 11.1 Å². The molecular weight excluding hydrogens is 349 g/mol. The van der Waals surface area contributed by atoms with Gasteiger partial charge in [-0.2, -0.15) is 13.2 Å². The van der Waals surface area contributed by atoms with Crippen LogP contribution in [0.15, 0.2) is 12.3 Å². The van der Waals surface area contributed by atoms with E-state index in [-0.39, 0.29) is 30.9 Å². The fraction of sp³-hybridized carbons (Fsp3) is 0.588. The number of nitrogens with two attached hydrogens (primary N) is 1. The Morgan fingerprint density at radius 2 is 2.19 bits per heavy atom. The number of nitrogens with zero attached hydrogens (tertiary/aromatic N) is 2. The van der Waals surface area contributed by atoms with E-state index >= 15 is 0 Å². The van der Waals surface area contributed by atoms with Crippen LogP contribution in [-0.4, -0.2) is 40.8 Å². The van der Waals surface area contributed by atoms with Gasteiger partial charge < -0.3 is 16.0 Å². The van der Waals surface area contributed by atoms with E-state index in [1.807, 2.05) is 0 Å². The third-order valence-electron chi connectivity index (χ3n) is 5.81. The molecule has 3 heterocycles. The number of alkyl halides is 3. The molecule has 0 spiro atoms. The number of carbonyl (C=O) groups excluding carboxylic acids is 2. The van der Waals surface area contributed by atoms with Crippen molar-refractivity contribution in [3.8, 4) is 0 Å². The Bertz CT molecular complexity index is 782. The number of nitrogens with one attached hydrogen (secondary N) is 1. The van der Waals surface area contributed by atoms with Crippen LogP contribution >= 0.6 is 0 Å². The Labute approximate surface area is 147 Å². The summed E-state index contributed by atoms with van der Waals surface area (Å²) in [5, 5.41) is 2.75. The van der Waals surface area contributed by atoms with Crippen molar-refractivity contribution in [2.24, 2.45) is 17.1 Å². The first-order valence-corrected chi connectivity index (χ1v) is 8.58. The monoisotopic (exact) mass is 368 g/mol. The highest BCUT2D eigenvalue weighted by atomic mass is 19.4. The number of hydrogen-bond acceptors (Lipinski definition) is 4. The molecule has 0 unspecified atom stereocenters. The van der Waals surface area contributed by atoms with E-state index in [1.54, 1.807) is 4.90 Å². The fourth-order valence-corrected chi connectivity index (χ4v) is 4.52. The Morgan fingerprint density at radius 3 is 2.92 bits per heavy atom. The van der Waals surface area contributed by atoms with Crippen molar-refractivity contribution in [1.29, 1.82) is 0 Å². The molecule has 3 N–H and O–H groups in total. The molecule has 2 amide bonds. The number of fused-ring (bicyclic) bond motifs is 2. The number of pyridine rings is 1. The molecule has 140 valence electrons. The standard InChI is InChI=1S/C17H19F3N4O2/c18-17(19,20)10-3-9-7-24(2-1-13(9)22-6-10)15(26)16-5-11(21)4-12(16)14(25)23-8-16/h3,6,11-12H,1-2,4-5,7-8,21H2,(H,23,25)/t11-,12+,16+/m1/s1. The molecule has 6 nitrogen and oxygen atoms in total. The van der Waals surface area contributed by atoms with Gasteiger partial charge in [-0.1, -0.05) is 0 Å². The highest BCUT2D eigenvalue weighted by Gasteiger charge is 2.59. The number of rotatable bonds is 1. The van der Waals surface area contributed by atoms with Crippen molar-refractivity contribution in [2.45, 2.75) is 38.0 Å². The van der Waals surface area contributed by atoms with Crippen molar-refractivity contribution in [1.82, 2.24) is 15.2 Å². The maximum absolute atomic E-state index is 13.2. The van der Waals surface area contributed by atoms with Crippen molar-refractivity contribution < 1.29 is 22.8 Å². The third-order valence-corrected chi connectivity index (χ3v) is 5.81. The summed E-state index contributed by atoms with van der Waals surface area (Å²) in [7, 11) is 0. The molecule has 1 aromatic heterocycles. The molecule has 3 aliphatic rings. The molecule has 1 aliphatic carbocycles. The van der Waals surface area contributed by atoms with Crippen molar-refractivity contribution >= 4 is 11.8 Å². The SMILES string of the molecule is N[C@@H]1C[C@H]2C(=O)NC[C@@]2(C(=O)N2CCc3ncc(C(F)(F)F)cc3C2)C1. The summed E-state index contributed by atoms with van der Waals surface area (Å²) >= 11 is 0. The van der Waals surface area contributed by atoms with Gasteiger partial charge in [-0.15, -0.1) is 0 Å². The van der Waals surface area contributed by atoms with Gasteiger partial charge in [-0.25, -0.2) is 0 Å². The molecule has 1 aromatic rings. The van der Waals surface area contributed by atoms with Crippen molar-refractivity contribution in [3.05, 3.63) is 29.1 Å². The molecule has 4 rings (SSSR count). The molecule has 0 radical (unpaired) electrons. The predicted octanol–water partition coefficient (Wildman–Crippen LogP) is 0.839. The molecule has 3 atom stereocenters. The fourth-order valence-electron chi connectivity index (χ4n) is 4.52. The summed E-state index contributed by atoms with van der Waals surface area (Å²) in [6, 6.07) is 0.848. The van der Waals surface area contributed by atoms with Gasteiger partial charge in [0.05, 0.1) is 16.9 Å². The molecule has 1 saturated carbocycles. The summed E-state index contributed by atoms with van der Waals surface area (Å²) in [6.07, 6.45) is -2.37. The highest BCUT2D eigenvalue weighted by molar-refractivity contribution is 5.95. The Balaban J connectivity index is 1.61. The lowest BCUT2D eigenvalue weighted by atomic mass is 9.78. The lowest BCUT2D eigenvalue weighted by Crippen LogP contribution is -2.49. The lowest BCUT2D eigenvalue weighted by molar-refractivity contribution is -0.145. The molecule has 2 aliphatic heterocycles.